The van der Waals surface area contributed by atoms with E-state index < -0.39 is 8.28 Å². The Labute approximate surface area is 84.1 Å². The van der Waals surface area contributed by atoms with Crippen molar-refractivity contribution in [3.05, 3.63) is 10.1 Å². The third kappa shape index (κ3) is 2.47. The lowest BCUT2D eigenvalue weighted by Crippen LogP contribution is -2.33. The van der Waals surface area contributed by atoms with Crippen molar-refractivity contribution in [3.8, 4) is 0 Å². The lowest BCUT2D eigenvalue weighted by atomic mass is 10.3. The molecule has 60 valence electrons. The molecule has 0 aromatic heterocycles. The molecule has 0 rings (SSSR count). The fraction of sp³-hybridized carbons (Fsp3) is 1.00. The van der Waals surface area contributed by atoms with Crippen LogP contribution in [0.15, 0.2) is 0 Å². The van der Waals surface area contributed by atoms with Crippen LogP contribution in [0.5, 0.6) is 0 Å². The molecular weight excluding hydrogens is 334 g/mol. The minimum absolute atomic E-state index is 0.213. The first kappa shape index (κ1) is 10.8. The maximum atomic E-state index is 10.3. The molecule has 0 bridgehead atoms. The van der Waals surface area contributed by atoms with Crippen LogP contribution in [0.1, 0.15) is 13.3 Å². The fourth-order valence-corrected chi connectivity index (χ4v) is 1.17. The largest absolute Gasteiger partial charge is 0.339 e. The van der Waals surface area contributed by atoms with Crippen LogP contribution < -0.4 is 0 Å². The van der Waals surface area contributed by atoms with E-state index in [0.29, 0.717) is 6.42 Å². The maximum Gasteiger partial charge on any atom is 0.339 e. The molecule has 6 heteroatoms. The van der Waals surface area contributed by atoms with Gasteiger partial charge in [0.15, 0.2) is 0 Å². The van der Waals surface area contributed by atoms with Gasteiger partial charge in [0.05, 0.1) is 4.92 Å². The highest BCUT2D eigenvalue weighted by Gasteiger charge is 2.43. The summed E-state index contributed by atoms with van der Waals surface area (Å²) >= 11 is 9.05. The summed E-state index contributed by atoms with van der Waals surface area (Å²) in [5, 5.41) is 10.3. The van der Waals surface area contributed by atoms with Crippen LogP contribution in [0.4, 0.5) is 0 Å². The summed E-state index contributed by atoms with van der Waals surface area (Å²) in [7, 11) is 0. The van der Waals surface area contributed by atoms with Crippen molar-refractivity contribution < 1.29 is 4.92 Å². The molecule has 0 aromatic rings. The van der Waals surface area contributed by atoms with E-state index in [-0.39, 0.29) is 4.83 Å². The van der Waals surface area contributed by atoms with E-state index in [9.17, 15) is 10.1 Å². The molecule has 10 heavy (non-hydrogen) atoms. The predicted molar refractivity (Wildman–Crippen MR) is 50.6 cm³/mol. The van der Waals surface area contributed by atoms with Gasteiger partial charge in [-0.2, -0.15) is 0 Å². The van der Waals surface area contributed by atoms with Gasteiger partial charge in [0, 0.05) is 31.9 Å². The molecule has 0 aliphatic heterocycles. The maximum absolute atomic E-state index is 10.3. The van der Waals surface area contributed by atoms with Crippen molar-refractivity contribution in [2.24, 2.45) is 0 Å². The molecule has 3 nitrogen and oxygen atoms in total. The lowest BCUT2D eigenvalue weighted by Gasteiger charge is -2.15. The average molecular weight is 340 g/mol. The molecule has 0 aromatic carbocycles. The van der Waals surface area contributed by atoms with Gasteiger partial charge in [0.2, 0.25) is 0 Å². The average Bonchev–Trinajstić information content (AvgIpc) is 1.86. The molecule has 1 atom stereocenters. The van der Waals surface area contributed by atoms with Crippen LogP contribution in [0.3, 0.4) is 0 Å². The Balaban J connectivity index is 4.23. The smallest absolute Gasteiger partial charge is 0.262 e. The third-order valence-corrected chi connectivity index (χ3v) is 5.20. The normalized spacial score (nSPS) is 14.8. The Bertz CT molecular complexity index is 138. The standard InChI is InChI=1S/C4H6Br3NO2/c1-2-3(5)4(6,7)8(9)10/h3H,2H2,1H3. The Hall–Kier alpha value is 0.840. The zero-order valence-corrected chi connectivity index (χ0v) is 9.94. The van der Waals surface area contributed by atoms with E-state index in [1.54, 1.807) is 0 Å². The fourth-order valence-electron chi connectivity index (χ4n) is 0.360. The number of nitrogens with zero attached hydrogens (tertiary/aromatic N) is 1. The van der Waals surface area contributed by atoms with Crippen molar-refractivity contribution in [3.63, 3.8) is 0 Å². The highest BCUT2D eigenvalue weighted by molar-refractivity contribution is 9.26. The van der Waals surface area contributed by atoms with Gasteiger partial charge in [0.25, 0.3) is 0 Å². The second kappa shape index (κ2) is 4.01. The molecule has 0 spiro atoms. The highest BCUT2D eigenvalue weighted by Crippen LogP contribution is 2.36. The molecule has 0 N–H and O–H groups in total. The molecule has 0 amide bonds. The first-order valence-electron chi connectivity index (χ1n) is 2.59. The zero-order valence-electron chi connectivity index (χ0n) is 5.18. The highest BCUT2D eigenvalue weighted by atomic mass is 79.9. The van der Waals surface area contributed by atoms with E-state index in [1.165, 1.54) is 0 Å². The second-order valence-electron chi connectivity index (χ2n) is 1.72. The third-order valence-electron chi connectivity index (χ3n) is 0.979. The molecule has 0 saturated carbocycles. The van der Waals surface area contributed by atoms with Crippen LogP contribution in [0, 0.1) is 10.1 Å². The van der Waals surface area contributed by atoms with Gasteiger partial charge in [-0.3, -0.25) is 10.1 Å². The van der Waals surface area contributed by atoms with E-state index in [2.05, 4.69) is 47.8 Å². The molecule has 0 radical (unpaired) electrons. The molecule has 1 unspecified atom stereocenters. The summed E-state index contributed by atoms with van der Waals surface area (Å²) in [5.74, 6) is 0. The van der Waals surface area contributed by atoms with Crippen LogP contribution in [-0.4, -0.2) is 13.1 Å². The van der Waals surface area contributed by atoms with Gasteiger partial charge >= 0.3 is 3.36 Å². The van der Waals surface area contributed by atoms with E-state index >= 15 is 0 Å². The molecular formula is C4H6Br3NO2. The molecule has 0 aliphatic carbocycles. The number of hydrogen-bond acceptors (Lipinski definition) is 2. The number of halogens is 3. The molecule has 0 heterocycles. The van der Waals surface area contributed by atoms with Gasteiger partial charge in [-0.05, 0) is 6.42 Å². The summed E-state index contributed by atoms with van der Waals surface area (Å²) in [5.41, 5.74) is 0. The van der Waals surface area contributed by atoms with Crippen molar-refractivity contribution in [1.82, 2.24) is 0 Å². The Morgan fingerprint density at radius 3 is 2.20 bits per heavy atom. The summed E-state index contributed by atoms with van der Waals surface area (Å²) in [6, 6.07) is 0. The summed E-state index contributed by atoms with van der Waals surface area (Å²) in [6.45, 7) is 1.86. The number of hydrogen-bond donors (Lipinski definition) is 0. The van der Waals surface area contributed by atoms with Gasteiger partial charge in [0.1, 0.15) is 4.83 Å². The van der Waals surface area contributed by atoms with Crippen LogP contribution in [-0.2, 0) is 0 Å². The van der Waals surface area contributed by atoms with Crippen molar-refractivity contribution >= 4 is 47.8 Å². The summed E-state index contributed by atoms with van der Waals surface area (Å²) < 4.78 is -1.23. The minimum Gasteiger partial charge on any atom is -0.262 e. The number of rotatable bonds is 3. The second-order valence-corrected chi connectivity index (χ2v) is 6.31. The zero-order chi connectivity index (χ0) is 8.36. The monoisotopic (exact) mass is 337 g/mol. The summed E-state index contributed by atoms with van der Waals surface area (Å²) in [4.78, 5) is 9.67. The number of nitro groups is 1. The molecule has 0 aliphatic rings. The SMILES string of the molecule is CCC(Br)C(Br)(Br)[N+](=O)[O-]. The Morgan fingerprint density at radius 1 is 1.70 bits per heavy atom. The lowest BCUT2D eigenvalue weighted by molar-refractivity contribution is -0.503. The number of alkyl halides is 3. The van der Waals surface area contributed by atoms with E-state index in [4.69, 9.17) is 0 Å². The van der Waals surface area contributed by atoms with Gasteiger partial charge < -0.3 is 0 Å². The Kier molecular flexibility index (Phi) is 4.35. The quantitative estimate of drug-likeness (QED) is 0.343. The van der Waals surface area contributed by atoms with E-state index in [0.717, 1.165) is 0 Å². The van der Waals surface area contributed by atoms with Crippen molar-refractivity contribution in [2.75, 3.05) is 0 Å². The van der Waals surface area contributed by atoms with Gasteiger partial charge in [-0.15, -0.1) is 0 Å². The van der Waals surface area contributed by atoms with E-state index in [1.807, 2.05) is 6.92 Å². The first-order chi connectivity index (χ1) is 4.42. The minimum atomic E-state index is -1.23. The van der Waals surface area contributed by atoms with Gasteiger partial charge in [-0.25, -0.2) is 0 Å². The molecule has 0 fully saturated rings. The van der Waals surface area contributed by atoms with Crippen molar-refractivity contribution in [1.29, 1.82) is 0 Å². The first-order valence-corrected chi connectivity index (χ1v) is 5.09. The van der Waals surface area contributed by atoms with Crippen molar-refractivity contribution in [2.45, 2.75) is 21.5 Å². The van der Waals surface area contributed by atoms with Crippen LogP contribution >= 0.6 is 47.8 Å². The van der Waals surface area contributed by atoms with Gasteiger partial charge in [-0.1, -0.05) is 22.9 Å². The molecule has 0 saturated heterocycles. The van der Waals surface area contributed by atoms with Crippen LogP contribution in [0.25, 0.3) is 0 Å². The predicted octanol–water partition coefficient (Wildman–Crippen LogP) is 2.88. The van der Waals surface area contributed by atoms with Crippen LogP contribution in [0.2, 0.25) is 0 Å². The summed E-state index contributed by atoms with van der Waals surface area (Å²) in [6.07, 6.45) is 0.678. The Morgan fingerprint density at radius 2 is 2.10 bits per heavy atom. The topological polar surface area (TPSA) is 43.1 Å².